The Hall–Kier alpha value is -2.10. The third-order valence-electron chi connectivity index (χ3n) is 4.03. The van der Waals surface area contributed by atoms with Gasteiger partial charge in [-0.1, -0.05) is 18.2 Å². The number of fused-ring (bicyclic) bond motifs is 1. The predicted octanol–water partition coefficient (Wildman–Crippen LogP) is 2.84. The molecule has 3 rings (SSSR count). The molecule has 1 aromatic carbocycles. The van der Waals surface area contributed by atoms with Crippen LogP contribution in [0.1, 0.15) is 18.4 Å². The third-order valence-corrected chi connectivity index (χ3v) is 4.03. The zero-order valence-electron chi connectivity index (χ0n) is 11.5. The van der Waals surface area contributed by atoms with Crippen LogP contribution in [-0.4, -0.2) is 29.1 Å². The molecule has 0 amide bonds. The molecule has 1 fully saturated rings. The third kappa shape index (κ3) is 2.33. The molecule has 4 nitrogen and oxygen atoms in total. The average Bonchev–Trinajstić information content (AvgIpc) is 2.46. The summed E-state index contributed by atoms with van der Waals surface area (Å²) in [4.78, 5) is 18.0. The number of aryl methyl sites for hydroxylation is 1. The van der Waals surface area contributed by atoms with Gasteiger partial charge < -0.3 is 10.0 Å². The minimum Gasteiger partial charge on any atom is -0.481 e. The number of nitrogens with zero attached hydrogens (tertiary/aromatic N) is 2. The highest BCUT2D eigenvalue weighted by atomic mass is 16.4. The first kappa shape index (κ1) is 12.9. The lowest BCUT2D eigenvalue weighted by atomic mass is 9.97. The summed E-state index contributed by atoms with van der Waals surface area (Å²) in [6, 6.07) is 10.2. The molecule has 1 N–H and O–H groups in total. The second-order valence-electron chi connectivity index (χ2n) is 5.42. The maximum absolute atomic E-state index is 11.0. The summed E-state index contributed by atoms with van der Waals surface area (Å²) in [5, 5.41) is 10.2. The van der Waals surface area contributed by atoms with Crippen LogP contribution in [0.25, 0.3) is 10.9 Å². The number of para-hydroxylation sites is 1. The first-order valence-electron chi connectivity index (χ1n) is 6.99. The van der Waals surface area contributed by atoms with E-state index in [0.717, 1.165) is 35.4 Å². The fourth-order valence-electron chi connectivity index (χ4n) is 2.87. The van der Waals surface area contributed by atoms with Crippen LogP contribution in [0, 0.1) is 12.8 Å². The molecular formula is C16H18N2O2. The summed E-state index contributed by atoms with van der Waals surface area (Å²) in [6.45, 7) is 3.60. The van der Waals surface area contributed by atoms with E-state index in [-0.39, 0.29) is 5.92 Å². The molecule has 0 bridgehead atoms. The Labute approximate surface area is 118 Å². The largest absolute Gasteiger partial charge is 0.481 e. The highest BCUT2D eigenvalue weighted by Gasteiger charge is 2.25. The van der Waals surface area contributed by atoms with Gasteiger partial charge in [-0.3, -0.25) is 4.79 Å². The lowest BCUT2D eigenvalue weighted by Crippen LogP contribution is -2.37. The maximum Gasteiger partial charge on any atom is 0.306 e. The van der Waals surface area contributed by atoms with Crippen molar-refractivity contribution in [3.05, 3.63) is 35.9 Å². The first-order valence-corrected chi connectivity index (χ1v) is 6.99. The fraction of sp³-hybridized carbons (Fsp3) is 0.375. The van der Waals surface area contributed by atoms with Gasteiger partial charge in [0.1, 0.15) is 5.82 Å². The van der Waals surface area contributed by atoms with Crippen LogP contribution in [0.4, 0.5) is 5.82 Å². The van der Waals surface area contributed by atoms with Crippen molar-refractivity contribution < 1.29 is 9.90 Å². The van der Waals surface area contributed by atoms with E-state index in [9.17, 15) is 4.79 Å². The van der Waals surface area contributed by atoms with E-state index in [1.54, 1.807) is 0 Å². The Morgan fingerprint density at radius 2 is 2.00 bits per heavy atom. The molecule has 4 heteroatoms. The number of hydrogen-bond acceptors (Lipinski definition) is 3. The number of anilines is 1. The smallest absolute Gasteiger partial charge is 0.306 e. The monoisotopic (exact) mass is 270 g/mol. The maximum atomic E-state index is 11.0. The van der Waals surface area contributed by atoms with E-state index in [4.69, 9.17) is 10.1 Å². The quantitative estimate of drug-likeness (QED) is 0.911. The molecule has 1 aromatic heterocycles. The van der Waals surface area contributed by atoms with E-state index in [0.29, 0.717) is 12.8 Å². The minimum atomic E-state index is -0.673. The summed E-state index contributed by atoms with van der Waals surface area (Å²) >= 11 is 0. The predicted molar refractivity (Wildman–Crippen MR) is 79.1 cm³/mol. The highest BCUT2D eigenvalue weighted by Crippen LogP contribution is 2.27. The van der Waals surface area contributed by atoms with Gasteiger partial charge in [0, 0.05) is 18.5 Å². The highest BCUT2D eigenvalue weighted by molar-refractivity contribution is 5.81. The molecule has 104 valence electrons. The Kier molecular flexibility index (Phi) is 3.30. The standard InChI is InChI=1S/C16H18N2O2/c1-11-10-13-4-2-3-5-14(13)17-15(11)18-8-6-12(7-9-18)16(19)20/h2-5,10,12H,6-9H2,1H3,(H,19,20). The van der Waals surface area contributed by atoms with Crippen LogP contribution >= 0.6 is 0 Å². The molecule has 2 aromatic rings. The Morgan fingerprint density at radius 3 is 2.70 bits per heavy atom. The summed E-state index contributed by atoms with van der Waals surface area (Å²) in [5.74, 6) is 0.118. The van der Waals surface area contributed by atoms with Gasteiger partial charge in [0.25, 0.3) is 0 Å². The number of pyridine rings is 1. The van der Waals surface area contributed by atoms with Gasteiger partial charge in [-0.25, -0.2) is 4.98 Å². The zero-order valence-corrected chi connectivity index (χ0v) is 11.5. The average molecular weight is 270 g/mol. The lowest BCUT2D eigenvalue weighted by molar-refractivity contribution is -0.142. The van der Waals surface area contributed by atoms with Crippen LogP contribution in [0.5, 0.6) is 0 Å². The van der Waals surface area contributed by atoms with Crippen molar-refractivity contribution in [2.75, 3.05) is 18.0 Å². The molecule has 0 radical (unpaired) electrons. The number of piperidine rings is 1. The van der Waals surface area contributed by atoms with Gasteiger partial charge in [-0.15, -0.1) is 0 Å². The van der Waals surface area contributed by atoms with Crippen molar-refractivity contribution in [1.82, 2.24) is 4.98 Å². The lowest BCUT2D eigenvalue weighted by Gasteiger charge is -2.32. The molecule has 1 aliphatic heterocycles. The van der Waals surface area contributed by atoms with E-state index in [2.05, 4.69) is 24.0 Å². The van der Waals surface area contributed by atoms with Crippen LogP contribution in [-0.2, 0) is 4.79 Å². The van der Waals surface area contributed by atoms with Gasteiger partial charge in [-0.2, -0.15) is 0 Å². The van der Waals surface area contributed by atoms with Crippen LogP contribution in [0.2, 0.25) is 0 Å². The van der Waals surface area contributed by atoms with Crippen molar-refractivity contribution in [2.45, 2.75) is 19.8 Å². The van der Waals surface area contributed by atoms with Crippen molar-refractivity contribution in [2.24, 2.45) is 5.92 Å². The number of benzene rings is 1. The first-order chi connectivity index (χ1) is 9.65. The molecular weight excluding hydrogens is 252 g/mol. The fourth-order valence-corrected chi connectivity index (χ4v) is 2.87. The van der Waals surface area contributed by atoms with Crippen molar-refractivity contribution in [1.29, 1.82) is 0 Å². The second kappa shape index (κ2) is 5.12. The molecule has 0 spiro atoms. The molecule has 1 saturated heterocycles. The number of carboxylic acids is 1. The molecule has 2 heterocycles. The van der Waals surface area contributed by atoms with Gasteiger partial charge in [0.2, 0.25) is 0 Å². The van der Waals surface area contributed by atoms with Gasteiger partial charge in [0.05, 0.1) is 11.4 Å². The van der Waals surface area contributed by atoms with E-state index in [1.807, 2.05) is 18.2 Å². The van der Waals surface area contributed by atoms with Crippen molar-refractivity contribution in [3.8, 4) is 0 Å². The topological polar surface area (TPSA) is 53.4 Å². The molecule has 1 aliphatic rings. The summed E-state index contributed by atoms with van der Waals surface area (Å²) in [6.07, 6.45) is 1.40. The molecule has 0 aliphatic carbocycles. The van der Waals surface area contributed by atoms with Crippen molar-refractivity contribution >= 4 is 22.7 Å². The normalized spacial score (nSPS) is 16.6. The van der Waals surface area contributed by atoms with Crippen LogP contribution in [0.15, 0.2) is 30.3 Å². The number of carboxylic acid groups (broad SMARTS) is 1. The van der Waals surface area contributed by atoms with Crippen molar-refractivity contribution in [3.63, 3.8) is 0 Å². The Bertz CT molecular complexity index is 646. The van der Waals surface area contributed by atoms with Gasteiger partial charge in [-0.05, 0) is 37.5 Å². The Balaban J connectivity index is 1.87. The SMILES string of the molecule is Cc1cc2ccccc2nc1N1CCC(C(=O)O)CC1. The van der Waals surface area contributed by atoms with Gasteiger partial charge >= 0.3 is 5.97 Å². The summed E-state index contributed by atoms with van der Waals surface area (Å²) < 4.78 is 0. The van der Waals surface area contributed by atoms with Crippen LogP contribution in [0.3, 0.4) is 0 Å². The zero-order chi connectivity index (χ0) is 14.1. The van der Waals surface area contributed by atoms with Gasteiger partial charge in [0.15, 0.2) is 0 Å². The number of rotatable bonds is 2. The number of hydrogen-bond donors (Lipinski definition) is 1. The van der Waals surface area contributed by atoms with E-state index >= 15 is 0 Å². The molecule has 0 atom stereocenters. The van der Waals surface area contributed by atoms with E-state index in [1.165, 1.54) is 0 Å². The molecule has 20 heavy (non-hydrogen) atoms. The summed E-state index contributed by atoms with van der Waals surface area (Å²) in [7, 11) is 0. The number of carbonyl (C=O) groups is 1. The van der Waals surface area contributed by atoms with E-state index < -0.39 is 5.97 Å². The summed E-state index contributed by atoms with van der Waals surface area (Å²) in [5.41, 5.74) is 2.14. The minimum absolute atomic E-state index is 0.202. The number of aromatic nitrogens is 1. The molecule has 0 unspecified atom stereocenters. The van der Waals surface area contributed by atoms with Crippen LogP contribution < -0.4 is 4.90 Å². The molecule has 0 saturated carbocycles. The Morgan fingerprint density at radius 1 is 1.30 bits per heavy atom. The number of aliphatic carboxylic acids is 1. The second-order valence-corrected chi connectivity index (χ2v) is 5.42.